The average Bonchev–Trinajstić information content (AvgIpc) is 3.08. The van der Waals surface area contributed by atoms with Crippen molar-refractivity contribution in [2.75, 3.05) is 13.7 Å². The molecule has 4 aromatic rings. The van der Waals surface area contributed by atoms with E-state index in [-0.39, 0.29) is 18.1 Å². The third-order valence-electron chi connectivity index (χ3n) is 8.57. The van der Waals surface area contributed by atoms with Crippen LogP contribution in [0, 0.1) is 0 Å². The van der Waals surface area contributed by atoms with E-state index >= 15 is 0 Å². The van der Waals surface area contributed by atoms with Crippen molar-refractivity contribution in [1.29, 1.82) is 0 Å². The van der Waals surface area contributed by atoms with E-state index in [1.807, 2.05) is 72.8 Å². The zero-order chi connectivity index (χ0) is 31.8. The molecule has 1 aliphatic rings. The van der Waals surface area contributed by atoms with E-state index < -0.39 is 32.4 Å². The summed E-state index contributed by atoms with van der Waals surface area (Å²) in [4.78, 5) is 12.6. The van der Waals surface area contributed by atoms with E-state index in [0.29, 0.717) is 13.2 Å². The highest BCUT2D eigenvalue weighted by atomic mass is 28.4. The molecule has 0 radical (unpaired) electrons. The van der Waals surface area contributed by atoms with E-state index in [1.165, 1.54) is 7.11 Å². The number of hydrogen-bond donors (Lipinski definition) is 0. The predicted octanol–water partition coefficient (Wildman–Crippen LogP) is 6.06. The lowest BCUT2D eigenvalue weighted by Crippen LogP contribution is -2.68. The van der Waals surface area contributed by atoms with Gasteiger partial charge in [-0.05, 0) is 26.5 Å². The summed E-state index contributed by atoms with van der Waals surface area (Å²) >= 11 is 0. The Balaban J connectivity index is 1.52. The lowest BCUT2D eigenvalue weighted by atomic mass is 9.95. The molecule has 1 aliphatic heterocycles. The van der Waals surface area contributed by atoms with Crippen LogP contribution in [0.5, 0.6) is 0 Å². The third-order valence-corrected chi connectivity index (χ3v) is 13.6. The largest absolute Gasteiger partial charge is 0.405 e. The summed E-state index contributed by atoms with van der Waals surface area (Å²) in [6.45, 7) is 7.61. The lowest BCUT2D eigenvalue weighted by molar-refractivity contribution is -0.305. The number of carbonyl (C=O) groups excluding carboxylic acids is 1. The molecule has 4 aromatic carbocycles. The Labute approximate surface area is 268 Å². The highest BCUT2D eigenvalue weighted by molar-refractivity contribution is 6.99. The minimum Gasteiger partial charge on any atom is -0.405 e. The second-order valence-electron chi connectivity index (χ2n) is 12.6. The first-order chi connectivity index (χ1) is 21.8. The number of ether oxygens (including phenoxy) is 4. The molecule has 0 aromatic heterocycles. The zero-order valence-electron chi connectivity index (χ0n) is 26.6. The number of rotatable bonds is 13. The summed E-state index contributed by atoms with van der Waals surface area (Å²) in [6.07, 6.45) is -0.768. The first kappa shape index (κ1) is 32.9. The molecule has 45 heavy (non-hydrogen) atoms. The molecular weight excluding hydrogens is 580 g/mol. The Morgan fingerprint density at radius 2 is 1.22 bits per heavy atom. The van der Waals surface area contributed by atoms with Gasteiger partial charge in [-0.1, -0.05) is 142 Å². The van der Waals surface area contributed by atoms with E-state index in [9.17, 15) is 4.79 Å². The topological polar surface area (TPSA) is 63.2 Å². The Hall–Kier alpha value is -3.43. The molecule has 236 valence electrons. The van der Waals surface area contributed by atoms with Gasteiger partial charge >= 0.3 is 0 Å². The summed E-state index contributed by atoms with van der Waals surface area (Å²) in [5.41, 5.74) is 2.06. The molecule has 0 amide bonds. The predicted molar refractivity (Wildman–Crippen MR) is 179 cm³/mol. The molecule has 0 bridgehead atoms. The van der Waals surface area contributed by atoms with Crippen LogP contribution in [0.25, 0.3) is 0 Å². The van der Waals surface area contributed by atoms with E-state index in [0.717, 1.165) is 27.8 Å². The summed E-state index contributed by atoms with van der Waals surface area (Å²) in [7, 11) is -1.42. The van der Waals surface area contributed by atoms with Gasteiger partial charge in [0, 0.05) is 13.5 Å². The quantitative estimate of drug-likeness (QED) is 0.133. The van der Waals surface area contributed by atoms with Crippen LogP contribution in [-0.4, -0.2) is 52.4 Å². The van der Waals surface area contributed by atoms with E-state index in [4.69, 9.17) is 23.4 Å². The smallest absolute Gasteiger partial charge is 0.261 e. The van der Waals surface area contributed by atoms with Gasteiger partial charge in [-0.3, -0.25) is 4.79 Å². The first-order valence-electron chi connectivity index (χ1n) is 15.6. The maximum atomic E-state index is 12.6. The molecule has 4 atom stereocenters. The fraction of sp³-hybridized carbons (Fsp3) is 0.342. The van der Waals surface area contributed by atoms with Crippen molar-refractivity contribution >= 4 is 25.0 Å². The molecule has 6 nitrogen and oxygen atoms in total. The van der Waals surface area contributed by atoms with Crippen LogP contribution >= 0.6 is 0 Å². The van der Waals surface area contributed by atoms with Crippen LogP contribution in [0.2, 0.25) is 5.04 Å². The highest BCUT2D eigenvalue weighted by Crippen LogP contribution is 2.39. The summed E-state index contributed by atoms with van der Waals surface area (Å²) in [6, 6.07) is 41.0. The van der Waals surface area contributed by atoms with Crippen molar-refractivity contribution in [3.8, 4) is 0 Å². The second kappa shape index (κ2) is 14.8. The minimum atomic E-state index is -2.92. The zero-order valence-corrected chi connectivity index (χ0v) is 27.6. The SMILES string of the molecule is COC1(C=O)C[C@@H](OCc2ccccc2)[C@H](OCc2ccccc2)[C@@H](CO[Si](c2ccccc2)(c2ccccc2)C(C)(C)C)O1. The third kappa shape index (κ3) is 7.52. The summed E-state index contributed by atoms with van der Waals surface area (Å²) in [5.74, 6) is -1.49. The molecule has 0 saturated carbocycles. The summed E-state index contributed by atoms with van der Waals surface area (Å²) in [5, 5.41) is 2.08. The van der Waals surface area contributed by atoms with Gasteiger partial charge in [0.05, 0.1) is 25.9 Å². The van der Waals surface area contributed by atoms with Gasteiger partial charge in [0.15, 0.2) is 6.29 Å². The van der Waals surface area contributed by atoms with Crippen molar-refractivity contribution < 1.29 is 28.2 Å². The molecule has 0 aliphatic carbocycles. The fourth-order valence-electron chi connectivity index (χ4n) is 6.27. The van der Waals surface area contributed by atoms with Crippen molar-refractivity contribution in [1.82, 2.24) is 0 Å². The lowest BCUT2D eigenvalue weighted by Gasteiger charge is -2.48. The van der Waals surface area contributed by atoms with Crippen LogP contribution in [0.4, 0.5) is 0 Å². The number of aldehydes is 1. The molecule has 7 heteroatoms. The molecule has 1 saturated heterocycles. The molecule has 1 heterocycles. The highest BCUT2D eigenvalue weighted by Gasteiger charge is 2.53. The standard InChI is InChI=1S/C38H44O6Si/c1-37(2,3)45(32-21-13-7-14-22-32,33-23-15-8-16-24-33)43-28-35-36(42-27-31-19-11-6-12-20-31)34(25-38(29-39,40-4)44-35)41-26-30-17-9-5-10-18-30/h5-24,29,34-36H,25-28H2,1-4H3/t34-,35-,36+,38?/m1/s1. The normalized spacial score (nSPS) is 22.2. The fourth-order valence-corrected chi connectivity index (χ4v) is 10.8. The number of hydrogen-bond acceptors (Lipinski definition) is 6. The van der Waals surface area contributed by atoms with Crippen molar-refractivity contribution in [3.05, 3.63) is 132 Å². The second-order valence-corrected chi connectivity index (χ2v) is 16.9. The van der Waals surface area contributed by atoms with Crippen molar-refractivity contribution in [3.63, 3.8) is 0 Å². The van der Waals surface area contributed by atoms with Crippen LogP contribution in [0.1, 0.15) is 38.3 Å². The molecule has 5 rings (SSSR count). The maximum Gasteiger partial charge on any atom is 0.261 e. The van der Waals surface area contributed by atoms with Gasteiger partial charge < -0.3 is 23.4 Å². The first-order valence-corrected chi connectivity index (χ1v) is 17.5. The van der Waals surface area contributed by atoms with Crippen LogP contribution in [0.3, 0.4) is 0 Å². The number of methoxy groups -OCH3 is 1. The molecule has 1 fully saturated rings. The Morgan fingerprint density at radius 3 is 1.67 bits per heavy atom. The van der Waals surface area contributed by atoms with Gasteiger partial charge in [0.2, 0.25) is 5.79 Å². The van der Waals surface area contributed by atoms with Crippen LogP contribution in [0.15, 0.2) is 121 Å². The Morgan fingerprint density at radius 1 is 0.756 bits per heavy atom. The van der Waals surface area contributed by atoms with E-state index in [1.54, 1.807) is 0 Å². The van der Waals surface area contributed by atoms with E-state index in [2.05, 4.69) is 69.3 Å². The van der Waals surface area contributed by atoms with Gasteiger partial charge in [-0.25, -0.2) is 0 Å². The Kier molecular flexibility index (Phi) is 10.8. The van der Waals surface area contributed by atoms with Gasteiger partial charge in [0.1, 0.15) is 12.2 Å². The van der Waals surface area contributed by atoms with Crippen LogP contribution < -0.4 is 10.4 Å². The van der Waals surface area contributed by atoms with Crippen LogP contribution in [-0.2, 0) is 41.4 Å². The minimum absolute atomic E-state index is 0.177. The van der Waals surface area contributed by atoms with Crippen molar-refractivity contribution in [2.45, 2.75) is 69.5 Å². The molecule has 1 unspecified atom stereocenters. The monoisotopic (exact) mass is 624 g/mol. The van der Waals surface area contributed by atoms with Crippen molar-refractivity contribution in [2.24, 2.45) is 0 Å². The van der Waals surface area contributed by atoms with Gasteiger partial charge in [-0.15, -0.1) is 0 Å². The maximum absolute atomic E-state index is 12.6. The summed E-state index contributed by atoms with van der Waals surface area (Å²) < 4.78 is 32.8. The Bertz CT molecular complexity index is 1420. The number of benzene rings is 4. The van der Waals surface area contributed by atoms with Gasteiger partial charge in [-0.2, -0.15) is 0 Å². The molecule has 0 N–H and O–H groups in total. The van der Waals surface area contributed by atoms with Gasteiger partial charge in [0.25, 0.3) is 8.32 Å². The number of carbonyl (C=O) groups is 1. The molecule has 0 spiro atoms. The average molecular weight is 625 g/mol. The molecular formula is C38H44O6Si.